The molecule has 10 atom stereocenters. The summed E-state index contributed by atoms with van der Waals surface area (Å²) in [4.78, 5) is 24.0. The van der Waals surface area contributed by atoms with Crippen LogP contribution in [0.3, 0.4) is 0 Å². The Morgan fingerprint density at radius 1 is 1.16 bits per heavy atom. The first-order valence-corrected chi connectivity index (χ1v) is 9.91. The highest BCUT2D eigenvalue weighted by atomic mass is 16.8. The molecule has 7 unspecified atom stereocenters. The molecule has 13 nitrogen and oxygen atoms in total. The summed E-state index contributed by atoms with van der Waals surface area (Å²) >= 11 is 0. The van der Waals surface area contributed by atoms with Crippen molar-refractivity contribution < 1.29 is 63.9 Å². The van der Waals surface area contributed by atoms with E-state index in [2.05, 4.69) is 4.74 Å². The molecule has 2 heterocycles. The zero-order chi connectivity index (χ0) is 24.0. The summed E-state index contributed by atoms with van der Waals surface area (Å²) in [6.07, 6.45) is -10.8. The van der Waals surface area contributed by atoms with Crippen molar-refractivity contribution in [2.24, 2.45) is 5.92 Å². The fourth-order valence-electron chi connectivity index (χ4n) is 4.67. The fourth-order valence-corrected chi connectivity index (χ4v) is 4.67. The van der Waals surface area contributed by atoms with Gasteiger partial charge >= 0.3 is 11.9 Å². The van der Waals surface area contributed by atoms with Gasteiger partial charge in [0.25, 0.3) is 0 Å². The molecule has 0 bridgehead atoms. The average molecular weight is 464 g/mol. The third-order valence-electron chi connectivity index (χ3n) is 6.16. The standard InChI is InChI=1S/C19H28O13/c1-7(21)32-18(2)4-10(22)19(27)8(15(26)28-3)6-29-17(14(18)19)31-16-13(25)12(24)11(23)9(5-20)30-16/h6,9-14,16-17,20,22-25,27H,4-5H2,1-3H3/t9?,10?,11?,12?,13?,14-,16?,17?,18-,19+/m0/s1. The smallest absolute Gasteiger partial charge is 0.339 e. The van der Waals surface area contributed by atoms with Crippen molar-refractivity contribution in [1.82, 2.24) is 0 Å². The van der Waals surface area contributed by atoms with Gasteiger partial charge in [-0.3, -0.25) is 4.79 Å². The number of hydrogen-bond donors (Lipinski definition) is 6. The van der Waals surface area contributed by atoms with Gasteiger partial charge in [-0.15, -0.1) is 0 Å². The minimum absolute atomic E-state index is 0.306. The van der Waals surface area contributed by atoms with E-state index in [-0.39, 0.29) is 6.42 Å². The molecule has 0 amide bonds. The third kappa shape index (κ3) is 3.88. The second-order valence-electron chi connectivity index (χ2n) is 8.29. The molecule has 2 aliphatic heterocycles. The minimum atomic E-state index is -2.34. The number of aliphatic hydroxyl groups is 6. The predicted molar refractivity (Wildman–Crippen MR) is 99.1 cm³/mol. The second-order valence-corrected chi connectivity index (χ2v) is 8.29. The van der Waals surface area contributed by atoms with Crippen molar-refractivity contribution in [2.45, 2.75) is 74.6 Å². The minimum Gasteiger partial charge on any atom is -0.471 e. The van der Waals surface area contributed by atoms with Crippen LogP contribution in [0.25, 0.3) is 0 Å². The molecule has 6 N–H and O–H groups in total. The monoisotopic (exact) mass is 464 g/mol. The van der Waals surface area contributed by atoms with Gasteiger partial charge < -0.3 is 54.3 Å². The largest absolute Gasteiger partial charge is 0.471 e. The van der Waals surface area contributed by atoms with Crippen LogP contribution in [0.1, 0.15) is 20.3 Å². The second kappa shape index (κ2) is 8.83. The Morgan fingerprint density at radius 3 is 2.38 bits per heavy atom. The molecule has 182 valence electrons. The lowest BCUT2D eigenvalue weighted by atomic mass is 9.76. The van der Waals surface area contributed by atoms with Gasteiger partial charge in [0, 0.05) is 13.3 Å². The molecule has 0 radical (unpaired) electrons. The normalized spacial score (nSPS) is 46.0. The summed E-state index contributed by atoms with van der Waals surface area (Å²) in [5, 5.41) is 61.7. The van der Waals surface area contributed by atoms with E-state index in [1.165, 1.54) is 6.92 Å². The molecule has 1 aliphatic carbocycles. The van der Waals surface area contributed by atoms with Crippen LogP contribution in [0.2, 0.25) is 0 Å². The topological polar surface area (TPSA) is 202 Å². The molecule has 0 aromatic heterocycles. The zero-order valence-corrected chi connectivity index (χ0v) is 17.7. The van der Waals surface area contributed by atoms with Crippen molar-refractivity contribution in [3.05, 3.63) is 11.8 Å². The lowest BCUT2D eigenvalue weighted by molar-refractivity contribution is -0.352. The lowest BCUT2D eigenvalue weighted by Gasteiger charge is -2.47. The third-order valence-corrected chi connectivity index (χ3v) is 6.16. The molecule has 0 aromatic rings. The van der Waals surface area contributed by atoms with Crippen molar-refractivity contribution in [1.29, 1.82) is 0 Å². The van der Waals surface area contributed by atoms with E-state index >= 15 is 0 Å². The Kier molecular flexibility index (Phi) is 6.85. The molecule has 3 aliphatic rings. The summed E-state index contributed by atoms with van der Waals surface area (Å²) < 4.78 is 26.4. The molecular weight excluding hydrogens is 436 g/mol. The Hall–Kier alpha value is -1.84. The first kappa shape index (κ1) is 24.8. The number of hydrogen-bond acceptors (Lipinski definition) is 13. The summed E-state index contributed by atoms with van der Waals surface area (Å²) in [7, 11) is 1.06. The Labute approximate surface area is 182 Å². The summed E-state index contributed by atoms with van der Waals surface area (Å²) in [6, 6.07) is 0. The van der Waals surface area contributed by atoms with Crippen LogP contribution in [0, 0.1) is 5.92 Å². The molecular formula is C19H28O13. The van der Waals surface area contributed by atoms with Crippen LogP contribution in [0.4, 0.5) is 0 Å². The van der Waals surface area contributed by atoms with E-state index in [1.807, 2.05) is 0 Å². The number of rotatable bonds is 5. The predicted octanol–water partition coefficient (Wildman–Crippen LogP) is -3.35. The summed E-state index contributed by atoms with van der Waals surface area (Å²) in [5.74, 6) is -3.17. The van der Waals surface area contributed by atoms with Crippen molar-refractivity contribution in [3.8, 4) is 0 Å². The molecule has 1 saturated carbocycles. The number of aliphatic hydroxyl groups excluding tert-OH is 5. The van der Waals surface area contributed by atoms with Crippen LogP contribution < -0.4 is 0 Å². The van der Waals surface area contributed by atoms with Crippen LogP contribution in [0.5, 0.6) is 0 Å². The Bertz CT molecular complexity index is 768. The van der Waals surface area contributed by atoms with Gasteiger partial charge in [-0.2, -0.15) is 0 Å². The Balaban J connectivity index is 1.99. The molecule has 3 rings (SSSR count). The van der Waals surface area contributed by atoms with E-state index in [0.29, 0.717) is 0 Å². The highest BCUT2D eigenvalue weighted by Crippen LogP contribution is 2.54. The van der Waals surface area contributed by atoms with Crippen LogP contribution >= 0.6 is 0 Å². The van der Waals surface area contributed by atoms with Gasteiger partial charge in [0.2, 0.25) is 6.29 Å². The molecule has 13 heteroatoms. The number of fused-ring (bicyclic) bond motifs is 1. The highest BCUT2D eigenvalue weighted by Gasteiger charge is 2.70. The van der Waals surface area contributed by atoms with Gasteiger partial charge in [-0.05, 0) is 6.92 Å². The highest BCUT2D eigenvalue weighted by molar-refractivity contribution is 5.91. The van der Waals surface area contributed by atoms with E-state index < -0.39 is 84.3 Å². The maximum absolute atomic E-state index is 12.3. The SMILES string of the molecule is COC(=O)C1=COC(OC2OC(CO)C(O)C(O)C2O)[C@@H]2[C@]1(O)C(O)C[C@]2(C)OC(C)=O. The van der Waals surface area contributed by atoms with Gasteiger partial charge in [-0.25, -0.2) is 4.79 Å². The van der Waals surface area contributed by atoms with Crippen molar-refractivity contribution in [2.75, 3.05) is 13.7 Å². The van der Waals surface area contributed by atoms with Crippen molar-refractivity contribution >= 4 is 11.9 Å². The molecule has 32 heavy (non-hydrogen) atoms. The van der Waals surface area contributed by atoms with E-state index in [1.54, 1.807) is 0 Å². The number of esters is 2. The maximum Gasteiger partial charge on any atom is 0.339 e. The first-order chi connectivity index (χ1) is 14.9. The maximum atomic E-state index is 12.3. The summed E-state index contributed by atoms with van der Waals surface area (Å²) in [6.45, 7) is 1.80. The van der Waals surface area contributed by atoms with Crippen molar-refractivity contribution in [3.63, 3.8) is 0 Å². The lowest BCUT2D eigenvalue weighted by Crippen LogP contribution is -2.63. The quantitative estimate of drug-likeness (QED) is 0.221. The Morgan fingerprint density at radius 2 is 1.81 bits per heavy atom. The molecule has 1 saturated heterocycles. The zero-order valence-electron chi connectivity index (χ0n) is 17.7. The van der Waals surface area contributed by atoms with Gasteiger partial charge in [0.15, 0.2) is 6.29 Å². The summed E-state index contributed by atoms with van der Waals surface area (Å²) in [5.41, 5.74) is -4.39. The van der Waals surface area contributed by atoms with Crippen LogP contribution in [-0.2, 0) is 33.3 Å². The molecule has 2 fully saturated rings. The van der Waals surface area contributed by atoms with Crippen LogP contribution in [-0.4, -0.2) is 111 Å². The number of carbonyl (C=O) groups excluding carboxylic acids is 2. The van der Waals surface area contributed by atoms with E-state index in [0.717, 1.165) is 20.3 Å². The van der Waals surface area contributed by atoms with Gasteiger partial charge in [0.1, 0.15) is 47.5 Å². The number of carbonyl (C=O) groups is 2. The van der Waals surface area contributed by atoms with E-state index in [9.17, 15) is 40.2 Å². The number of ether oxygens (including phenoxy) is 5. The first-order valence-electron chi connectivity index (χ1n) is 9.91. The van der Waals surface area contributed by atoms with Gasteiger partial charge in [0.05, 0.1) is 25.7 Å². The number of methoxy groups -OCH3 is 1. The molecule has 0 aromatic carbocycles. The van der Waals surface area contributed by atoms with E-state index in [4.69, 9.17) is 18.9 Å². The molecule has 0 spiro atoms. The fraction of sp³-hybridized carbons (Fsp3) is 0.789. The van der Waals surface area contributed by atoms with Gasteiger partial charge in [-0.1, -0.05) is 0 Å². The van der Waals surface area contributed by atoms with Crippen LogP contribution in [0.15, 0.2) is 11.8 Å². The average Bonchev–Trinajstić information content (AvgIpc) is 2.93.